The van der Waals surface area contributed by atoms with E-state index in [0.717, 1.165) is 4.31 Å². The summed E-state index contributed by atoms with van der Waals surface area (Å²) in [6.45, 7) is 1.74. The summed E-state index contributed by atoms with van der Waals surface area (Å²) < 4.78 is 28.0. The van der Waals surface area contributed by atoms with Gasteiger partial charge in [0.1, 0.15) is 4.66 Å². The smallest absolute Gasteiger partial charge is 0.309 e. The Hall–Kier alpha value is -0.140. The van der Waals surface area contributed by atoms with E-state index < -0.39 is 21.9 Å². The van der Waals surface area contributed by atoms with Gasteiger partial charge in [-0.2, -0.15) is 0 Å². The van der Waals surface area contributed by atoms with E-state index in [4.69, 9.17) is 0 Å². The third kappa shape index (κ3) is 3.93. The molecule has 0 spiro atoms. The number of hydrogen-bond acceptors (Lipinski definition) is 4. The first-order chi connectivity index (χ1) is 6.35. The van der Waals surface area contributed by atoms with Crippen molar-refractivity contribution >= 4 is 31.9 Å². The highest BCUT2D eigenvalue weighted by Gasteiger charge is 2.22. The minimum absolute atomic E-state index is 0.126. The zero-order valence-corrected chi connectivity index (χ0v) is 10.8. The number of esters is 1. The van der Waals surface area contributed by atoms with E-state index >= 15 is 0 Å². The molecule has 84 valence electrons. The molecular formula is C7H14BrNO4S. The quantitative estimate of drug-likeness (QED) is 0.543. The van der Waals surface area contributed by atoms with Crippen LogP contribution in [0.15, 0.2) is 0 Å². The van der Waals surface area contributed by atoms with Gasteiger partial charge in [-0.3, -0.25) is 4.79 Å². The Morgan fingerprint density at radius 2 is 2.07 bits per heavy atom. The van der Waals surface area contributed by atoms with Crippen molar-refractivity contribution in [3.05, 3.63) is 0 Å². The molecule has 0 radical (unpaired) electrons. The number of methoxy groups -OCH3 is 1. The van der Waals surface area contributed by atoms with Crippen LogP contribution in [0.3, 0.4) is 0 Å². The molecule has 14 heavy (non-hydrogen) atoms. The minimum atomic E-state index is -3.29. The van der Waals surface area contributed by atoms with Gasteiger partial charge in [-0.25, -0.2) is 12.7 Å². The van der Waals surface area contributed by atoms with Crippen molar-refractivity contribution in [2.45, 2.75) is 6.92 Å². The predicted octanol–water partition coefficient (Wildman–Crippen LogP) is 0.409. The first-order valence-corrected chi connectivity index (χ1v) is 6.66. The standard InChI is InChI=1S/C7H14BrNO4S/c1-6(7(10)13-3)4-9(2)14(11,12)5-8/h6H,4-5H2,1-3H3. The average Bonchev–Trinajstić information content (AvgIpc) is 2.16. The number of ether oxygens (including phenoxy) is 1. The van der Waals surface area contributed by atoms with Crippen molar-refractivity contribution in [1.82, 2.24) is 4.31 Å². The van der Waals surface area contributed by atoms with Gasteiger partial charge in [0.2, 0.25) is 10.0 Å². The van der Waals surface area contributed by atoms with E-state index in [2.05, 4.69) is 20.7 Å². The average molecular weight is 288 g/mol. The highest BCUT2D eigenvalue weighted by molar-refractivity contribution is 9.10. The summed E-state index contributed by atoms with van der Waals surface area (Å²) in [5.41, 5.74) is 0. The number of carbonyl (C=O) groups is 1. The fourth-order valence-corrected chi connectivity index (χ4v) is 2.52. The van der Waals surface area contributed by atoms with Gasteiger partial charge in [-0.15, -0.1) is 0 Å². The summed E-state index contributed by atoms with van der Waals surface area (Å²) in [6.07, 6.45) is 0. The van der Waals surface area contributed by atoms with Gasteiger partial charge in [0.05, 0.1) is 13.0 Å². The van der Waals surface area contributed by atoms with Crippen LogP contribution in [-0.2, 0) is 19.6 Å². The summed E-state index contributed by atoms with van der Waals surface area (Å²) in [6, 6.07) is 0. The molecule has 0 N–H and O–H groups in total. The summed E-state index contributed by atoms with van der Waals surface area (Å²) in [4.78, 5) is 11.0. The van der Waals surface area contributed by atoms with Gasteiger partial charge in [-0.1, -0.05) is 22.9 Å². The van der Waals surface area contributed by atoms with Crippen LogP contribution in [0.25, 0.3) is 0 Å². The van der Waals surface area contributed by atoms with E-state index in [1.165, 1.54) is 14.2 Å². The van der Waals surface area contributed by atoms with Crippen LogP contribution in [-0.4, -0.2) is 44.1 Å². The van der Waals surface area contributed by atoms with Crippen molar-refractivity contribution < 1.29 is 17.9 Å². The Bertz CT molecular complexity index is 290. The third-order valence-corrected chi connectivity index (χ3v) is 4.86. The van der Waals surface area contributed by atoms with Gasteiger partial charge in [0.25, 0.3) is 0 Å². The van der Waals surface area contributed by atoms with Crippen LogP contribution < -0.4 is 0 Å². The molecule has 0 aliphatic carbocycles. The number of halogens is 1. The predicted molar refractivity (Wildman–Crippen MR) is 56.5 cm³/mol. The summed E-state index contributed by atoms with van der Waals surface area (Å²) in [7, 11) is -0.591. The second-order valence-electron chi connectivity index (χ2n) is 2.93. The molecule has 0 aromatic rings. The molecule has 0 amide bonds. The Morgan fingerprint density at radius 1 is 1.57 bits per heavy atom. The van der Waals surface area contributed by atoms with Crippen LogP contribution >= 0.6 is 15.9 Å². The molecule has 0 aliphatic heterocycles. The summed E-state index contributed by atoms with van der Waals surface area (Å²) in [5, 5.41) is 0. The molecule has 1 atom stereocenters. The van der Waals surface area contributed by atoms with Gasteiger partial charge in [0, 0.05) is 13.6 Å². The molecule has 0 saturated carbocycles. The van der Waals surface area contributed by atoms with Crippen LogP contribution in [0.4, 0.5) is 0 Å². The van der Waals surface area contributed by atoms with Crippen molar-refractivity contribution in [3.63, 3.8) is 0 Å². The topological polar surface area (TPSA) is 63.7 Å². The zero-order chi connectivity index (χ0) is 11.4. The Kier molecular flexibility index (Phi) is 5.61. The number of rotatable bonds is 5. The molecule has 0 rings (SSSR count). The Morgan fingerprint density at radius 3 is 2.43 bits per heavy atom. The number of sulfonamides is 1. The van der Waals surface area contributed by atoms with Crippen molar-refractivity contribution in [2.24, 2.45) is 5.92 Å². The van der Waals surface area contributed by atoms with Crippen molar-refractivity contribution in [3.8, 4) is 0 Å². The number of carbonyl (C=O) groups excluding carboxylic acids is 1. The monoisotopic (exact) mass is 287 g/mol. The van der Waals surface area contributed by atoms with E-state index in [9.17, 15) is 13.2 Å². The number of alkyl halides is 1. The minimum Gasteiger partial charge on any atom is -0.469 e. The molecule has 0 saturated heterocycles. The summed E-state index contributed by atoms with van der Waals surface area (Å²) >= 11 is 2.87. The van der Waals surface area contributed by atoms with Gasteiger partial charge in [-0.05, 0) is 0 Å². The molecular weight excluding hydrogens is 274 g/mol. The number of hydrogen-bond donors (Lipinski definition) is 0. The van der Waals surface area contributed by atoms with Crippen LogP contribution in [0.1, 0.15) is 6.92 Å². The van der Waals surface area contributed by atoms with E-state index in [1.807, 2.05) is 0 Å². The van der Waals surface area contributed by atoms with Crippen molar-refractivity contribution in [1.29, 1.82) is 0 Å². The molecule has 0 aromatic heterocycles. The molecule has 0 aliphatic rings. The fraction of sp³-hybridized carbons (Fsp3) is 0.857. The highest BCUT2D eigenvalue weighted by atomic mass is 79.9. The second kappa shape index (κ2) is 5.67. The first-order valence-electron chi connectivity index (χ1n) is 3.93. The van der Waals surface area contributed by atoms with Crippen LogP contribution in [0, 0.1) is 5.92 Å². The largest absolute Gasteiger partial charge is 0.469 e. The third-order valence-electron chi connectivity index (χ3n) is 1.75. The maximum absolute atomic E-state index is 11.3. The van der Waals surface area contributed by atoms with Gasteiger partial charge < -0.3 is 4.74 Å². The lowest BCUT2D eigenvalue weighted by molar-refractivity contribution is -0.144. The van der Waals surface area contributed by atoms with Crippen LogP contribution in [0.2, 0.25) is 0 Å². The summed E-state index contributed by atoms with van der Waals surface area (Å²) in [5.74, 6) is -0.875. The Labute approximate surface area is 92.6 Å². The second-order valence-corrected chi connectivity index (χ2v) is 6.30. The van der Waals surface area contributed by atoms with Gasteiger partial charge >= 0.3 is 5.97 Å². The molecule has 0 bridgehead atoms. The highest BCUT2D eigenvalue weighted by Crippen LogP contribution is 2.07. The van der Waals surface area contributed by atoms with Gasteiger partial charge in [0.15, 0.2) is 0 Å². The van der Waals surface area contributed by atoms with E-state index in [1.54, 1.807) is 6.92 Å². The van der Waals surface area contributed by atoms with E-state index in [0.29, 0.717) is 0 Å². The molecule has 7 heteroatoms. The lowest BCUT2D eigenvalue weighted by Crippen LogP contribution is -2.34. The lowest BCUT2D eigenvalue weighted by Gasteiger charge is -2.18. The molecule has 0 heterocycles. The van der Waals surface area contributed by atoms with Crippen LogP contribution in [0.5, 0.6) is 0 Å². The zero-order valence-electron chi connectivity index (χ0n) is 8.36. The Balaban J connectivity index is 4.33. The molecule has 5 nitrogen and oxygen atoms in total. The molecule has 1 unspecified atom stereocenters. The normalized spacial score (nSPS) is 14.1. The molecule has 0 fully saturated rings. The first kappa shape index (κ1) is 13.9. The number of nitrogens with zero attached hydrogens (tertiary/aromatic N) is 1. The maximum Gasteiger partial charge on any atom is 0.309 e. The molecule has 0 aromatic carbocycles. The fourth-order valence-electron chi connectivity index (χ4n) is 0.858. The van der Waals surface area contributed by atoms with Crippen molar-refractivity contribution in [2.75, 3.05) is 25.4 Å². The van der Waals surface area contributed by atoms with E-state index in [-0.39, 0.29) is 11.2 Å². The lowest BCUT2D eigenvalue weighted by atomic mass is 10.2. The SMILES string of the molecule is COC(=O)C(C)CN(C)S(=O)(=O)CBr. The maximum atomic E-state index is 11.3.